The van der Waals surface area contributed by atoms with Crippen molar-refractivity contribution in [1.82, 2.24) is 9.47 Å². The molecule has 5 rings (SSSR count). The van der Waals surface area contributed by atoms with Crippen molar-refractivity contribution in [3.63, 3.8) is 0 Å². The van der Waals surface area contributed by atoms with Gasteiger partial charge >= 0.3 is 0 Å². The smallest absolute Gasteiger partial charge is 0.289 e. The molecule has 0 radical (unpaired) electrons. The normalized spacial score (nSPS) is 16.6. The van der Waals surface area contributed by atoms with Gasteiger partial charge in [-0.05, 0) is 37.0 Å². The number of furan rings is 1. The molecule has 1 saturated carbocycles. The Morgan fingerprint density at radius 2 is 1.87 bits per heavy atom. The van der Waals surface area contributed by atoms with Crippen LogP contribution in [0.3, 0.4) is 0 Å². The van der Waals surface area contributed by atoms with Gasteiger partial charge in [0, 0.05) is 38.1 Å². The van der Waals surface area contributed by atoms with E-state index >= 15 is 0 Å². The number of hydrogen-bond donors (Lipinski definition) is 0. The lowest BCUT2D eigenvalue weighted by Crippen LogP contribution is -2.49. The maximum Gasteiger partial charge on any atom is 0.289 e. The van der Waals surface area contributed by atoms with Crippen molar-refractivity contribution in [1.29, 1.82) is 5.26 Å². The van der Waals surface area contributed by atoms with Crippen LogP contribution in [-0.2, 0) is 6.54 Å². The molecule has 30 heavy (non-hydrogen) atoms. The second-order valence-electron chi connectivity index (χ2n) is 7.97. The van der Waals surface area contributed by atoms with Gasteiger partial charge in [0.25, 0.3) is 11.5 Å². The van der Waals surface area contributed by atoms with Crippen molar-refractivity contribution in [2.24, 2.45) is 5.92 Å². The molecule has 7 nitrogen and oxygen atoms in total. The van der Waals surface area contributed by atoms with E-state index in [9.17, 15) is 14.9 Å². The number of amides is 1. The zero-order chi connectivity index (χ0) is 20.7. The van der Waals surface area contributed by atoms with Crippen LogP contribution in [0.4, 0.5) is 5.69 Å². The number of nitriles is 1. The lowest BCUT2D eigenvalue weighted by molar-refractivity contribution is 0.0715. The molecule has 1 saturated heterocycles. The molecule has 3 heterocycles. The van der Waals surface area contributed by atoms with Crippen LogP contribution < -0.4 is 10.5 Å². The monoisotopic (exact) mass is 402 g/mol. The van der Waals surface area contributed by atoms with E-state index in [1.54, 1.807) is 21.6 Å². The van der Waals surface area contributed by atoms with E-state index in [-0.39, 0.29) is 17.0 Å². The van der Waals surface area contributed by atoms with Crippen molar-refractivity contribution in [2.75, 3.05) is 31.1 Å². The molecule has 1 aliphatic heterocycles. The minimum absolute atomic E-state index is 0.134. The Balaban J connectivity index is 1.50. The molecule has 0 bridgehead atoms. The Kier molecular flexibility index (Phi) is 4.55. The Bertz CT molecular complexity index is 1190. The third kappa shape index (κ3) is 3.14. The van der Waals surface area contributed by atoms with E-state index in [1.807, 2.05) is 24.3 Å². The number of para-hydroxylation sites is 1. The summed E-state index contributed by atoms with van der Waals surface area (Å²) in [5, 5.41) is 10.8. The van der Waals surface area contributed by atoms with Crippen LogP contribution in [0.5, 0.6) is 0 Å². The molecule has 152 valence electrons. The number of hydrogen-bond acceptors (Lipinski definition) is 5. The molecule has 0 spiro atoms. The number of piperazine rings is 1. The Labute approximate surface area is 173 Å². The fourth-order valence-corrected chi connectivity index (χ4v) is 4.25. The molecule has 0 N–H and O–H groups in total. The van der Waals surface area contributed by atoms with Gasteiger partial charge in [-0.1, -0.05) is 18.2 Å². The molecule has 2 aromatic heterocycles. The number of rotatable bonds is 4. The second kappa shape index (κ2) is 7.38. The minimum Gasteiger partial charge on any atom is -0.459 e. The lowest BCUT2D eigenvalue weighted by atomic mass is 10.1. The van der Waals surface area contributed by atoms with Gasteiger partial charge in [-0.25, -0.2) is 0 Å². The molecule has 7 heteroatoms. The van der Waals surface area contributed by atoms with Crippen LogP contribution in [0.2, 0.25) is 0 Å². The molecule has 1 aromatic carbocycles. The summed E-state index contributed by atoms with van der Waals surface area (Å²) in [6.45, 7) is 2.78. The first kappa shape index (κ1) is 18.5. The van der Waals surface area contributed by atoms with E-state index in [4.69, 9.17) is 4.42 Å². The quantitative estimate of drug-likeness (QED) is 0.670. The largest absolute Gasteiger partial charge is 0.459 e. The van der Waals surface area contributed by atoms with Crippen LogP contribution in [0.1, 0.15) is 29.0 Å². The highest BCUT2D eigenvalue weighted by atomic mass is 16.3. The number of aromatic nitrogens is 1. The van der Waals surface area contributed by atoms with Gasteiger partial charge in [0.15, 0.2) is 5.76 Å². The summed E-state index contributed by atoms with van der Waals surface area (Å²) < 4.78 is 7.00. The van der Waals surface area contributed by atoms with E-state index in [1.165, 1.54) is 6.26 Å². The molecule has 2 aliphatic rings. The predicted molar refractivity (Wildman–Crippen MR) is 112 cm³/mol. The highest BCUT2D eigenvalue weighted by molar-refractivity contribution is 5.95. The Morgan fingerprint density at radius 3 is 2.53 bits per heavy atom. The summed E-state index contributed by atoms with van der Waals surface area (Å²) in [4.78, 5) is 29.6. The standard InChI is InChI=1S/C23H22N4O3/c24-14-18-21(25-9-11-26(12-10-25)23(29)20-6-3-13-30-20)17-4-1-2-5-19(17)27(22(18)28)15-16-7-8-16/h1-6,13,16H,7-12,15H2. The molecule has 3 aromatic rings. The van der Waals surface area contributed by atoms with Crippen LogP contribution in [0.15, 0.2) is 51.9 Å². The summed E-state index contributed by atoms with van der Waals surface area (Å²) in [5.74, 6) is 0.721. The first-order valence-electron chi connectivity index (χ1n) is 10.3. The summed E-state index contributed by atoms with van der Waals surface area (Å²) >= 11 is 0. The summed E-state index contributed by atoms with van der Waals surface area (Å²) in [6, 6.07) is 13.3. The molecule has 0 atom stereocenters. The average Bonchev–Trinajstić information content (AvgIpc) is 3.44. The van der Waals surface area contributed by atoms with E-state index in [2.05, 4.69) is 11.0 Å². The van der Waals surface area contributed by atoms with E-state index in [0.29, 0.717) is 50.1 Å². The van der Waals surface area contributed by atoms with Gasteiger partial charge in [0.05, 0.1) is 17.5 Å². The SMILES string of the molecule is N#Cc1c(N2CCN(C(=O)c3ccco3)CC2)c2ccccc2n(CC2CC2)c1=O. The number of anilines is 1. The Morgan fingerprint density at radius 1 is 1.10 bits per heavy atom. The van der Waals surface area contributed by atoms with Gasteiger partial charge in [-0.3, -0.25) is 9.59 Å². The van der Waals surface area contributed by atoms with Crippen LogP contribution >= 0.6 is 0 Å². The topological polar surface area (TPSA) is 82.5 Å². The zero-order valence-corrected chi connectivity index (χ0v) is 16.6. The molecule has 1 aliphatic carbocycles. The Hall–Kier alpha value is -3.53. The molecular weight excluding hydrogens is 380 g/mol. The van der Waals surface area contributed by atoms with Gasteiger partial charge < -0.3 is 18.8 Å². The first-order chi connectivity index (χ1) is 14.7. The molecule has 1 amide bonds. The van der Waals surface area contributed by atoms with Gasteiger partial charge in [-0.2, -0.15) is 5.26 Å². The third-order valence-corrected chi connectivity index (χ3v) is 6.01. The summed E-state index contributed by atoms with van der Waals surface area (Å²) in [6.07, 6.45) is 3.76. The number of fused-ring (bicyclic) bond motifs is 1. The van der Waals surface area contributed by atoms with E-state index < -0.39 is 0 Å². The maximum absolute atomic E-state index is 13.2. The van der Waals surface area contributed by atoms with Crippen LogP contribution in [-0.4, -0.2) is 41.6 Å². The maximum atomic E-state index is 13.2. The highest BCUT2D eigenvalue weighted by Crippen LogP contribution is 2.34. The molecule has 2 fully saturated rings. The lowest BCUT2D eigenvalue weighted by Gasteiger charge is -2.36. The van der Waals surface area contributed by atoms with Crippen molar-refractivity contribution >= 4 is 22.5 Å². The van der Waals surface area contributed by atoms with Gasteiger partial charge in [-0.15, -0.1) is 0 Å². The van der Waals surface area contributed by atoms with Crippen LogP contribution in [0.25, 0.3) is 10.9 Å². The number of pyridine rings is 1. The van der Waals surface area contributed by atoms with Crippen molar-refractivity contribution in [3.8, 4) is 6.07 Å². The molecular formula is C23H22N4O3. The van der Waals surface area contributed by atoms with Gasteiger partial charge in [0.1, 0.15) is 11.6 Å². The second-order valence-corrected chi connectivity index (χ2v) is 7.97. The summed E-state index contributed by atoms with van der Waals surface area (Å²) in [5.41, 5.74) is 1.54. The van der Waals surface area contributed by atoms with Crippen molar-refractivity contribution in [3.05, 3.63) is 64.3 Å². The molecule has 0 unspecified atom stereocenters. The van der Waals surface area contributed by atoms with Crippen molar-refractivity contribution in [2.45, 2.75) is 19.4 Å². The van der Waals surface area contributed by atoms with Crippen LogP contribution in [0, 0.1) is 17.2 Å². The first-order valence-corrected chi connectivity index (χ1v) is 10.3. The summed E-state index contributed by atoms with van der Waals surface area (Å²) in [7, 11) is 0. The predicted octanol–water partition coefficient (Wildman–Crippen LogP) is 2.84. The van der Waals surface area contributed by atoms with E-state index in [0.717, 1.165) is 23.7 Å². The number of carbonyl (C=O) groups excluding carboxylic acids is 1. The fourth-order valence-electron chi connectivity index (χ4n) is 4.25. The zero-order valence-electron chi connectivity index (χ0n) is 16.6. The number of nitrogens with zero attached hydrogens (tertiary/aromatic N) is 4. The highest BCUT2D eigenvalue weighted by Gasteiger charge is 2.29. The fraction of sp³-hybridized carbons (Fsp3) is 0.348. The van der Waals surface area contributed by atoms with Gasteiger partial charge in [0.2, 0.25) is 0 Å². The number of carbonyl (C=O) groups is 1. The number of benzene rings is 1. The third-order valence-electron chi connectivity index (χ3n) is 6.01. The van der Waals surface area contributed by atoms with Crippen molar-refractivity contribution < 1.29 is 9.21 Å². The minimum atomic E-state index is -0.216. The average molecular weight is 402 g/mol.